The van der Waals surface area contributed by atoms with E-state index in [1.165, 1.54) is 12.3 Å². The van der Waals surface area contributed by atoms with Gasteiger partial charge in [0.05, 0.1) is 23.9 Å². The van der Waals surface area contributed by atoms with Crippen molar-refractivity contribution in [3.05, 3.63) is 101 Å². The van der Waals surface area contributed by atoms with E-state index >= 15 is 0 Å². The fraction of sp³-hybridized carbons (Fsp3) is 0.0741. The minimum absolute atomic E-state index is 0.111. The number of carbonyl (C=O) groups is 2. The molecular formula is C27H21ClN2O5. The molecule has 0 radical (unpaired) electrons. The Morgan fingerprint density at radius 1 is 0.971 bits per heavy atom. The number of hydrogen-bond acceptors (Lipinski definition) is 6. The number of phenolic OH excluding ortho intramolecular Hbond substituents is 1. The second kappa shape index (κ2) is 10.7. The first-order chi connectivity index (χ1) is 16.9. The summed E-state index contributed by atoms with van der Waals surface area (Å²) in [5, 5.41) is 16.4. The van der Waals surface area contributed by atoms with Crippen molar-refractivity contribution in [3.8, 4) is 17.2 Å². The molecule has 4 aromatic carbocycles. The molecule has 0 aliphatic carbocycles. The summed E-state index contributed by atoms with van der Waals surface area (Å²) in [4.78, 5) is 25.0. The van der Waals surface area contributed by atoms with Gasteiger partial charge in [0.25, 0.3) is 5.91 Å². The summed E-state index contributed by atoms with van der Waals surface area (Å²) in [7, 11) is 0. The number of halogens is 1. The smallest absolute Gasteiger partial charge is 0.343 e. The number of fused-ring (bicyclic) bond motifs is 1. The Bertz CT molecular complexity index is 1420. The molecule has 0 bridgehead atoms. The maximum Gasteiger partial charge on any atom is 0.343 e. The number of nitrogens with one attached hydrogen (secondary N) is 1. The third kappa shape index (κ3) is 5.77. The van der Waals surface area contributed by atoms with Gasteiger partial charge in [-0.1, -0.05) is 35.9 Å². The lowest BCUT2D eigenvalue weighted by molar-refractivity contribution is 0.0728. The molecule has 0 aromatic heterocycles. The molecule has 0 atom stereocenters. The monoisotopic (exact) mass is 488 g/mol. The summed E-state index contributed by atoms with van der Waals surface area (Å²) >= 11 is 5.86. The first kappa shape index (κ1) is 23.8. The molecule has 0 spiro atoms. The van der Waals surface area contributed by atoms with E-state index in [9.17, 15) is 14.7 Å². The summed E-state index contributed by atoms with van der Waals surface area (Å²) in [6, 6.07) is 21.8. The van der Waals surface area contributed by atoms with Crippen molar-refractivity contribution >= 4 is 40.5 Å². The number of amides is 1. The largest absolute Gasteiger partial charge is 0.507 e. The summed E-state index contributed by atoms with van der Waals surface area (Å²) in [5.74, 6) is -0.650. The van der Waals surface area contributed by atoms with Crippen LogP contribution in [0.1, 0.15) is 33.2 Å². The van der Waals surface area contributed by atoms with Gasteiger partial charge in [-0.3, -0.25) is 4.79 Å². The zero-order valence-electron chi connectivity index (χ0n) is 18.7. The van der Waals surface area contributed by atoms with Crippen LogP contribution in [-0.4, -0.2) is 29.8 Å². The molecular weight excluding hydrogens is 468 g/mol. The van der Waals surface area contributed by atoms with Gasteiger partial charge in [-0.2, -0.15) is 5.10 Å². The average molecular weight is 489 g/mol. The van der Waals surface area contributed by atoms with Crippen molar-refractivity contribution < 1.29 is 24.2 Å². The molecule has 0 aliphatic heterocycles. The molecule has 4 aromatic rings. The molecule has 4 rings (SSSR count). The summed E-state index contributed by atoms with van der Waals surface area (Å²) in [5.41, 5.74) is 3.47. The molecule has 176 valence electrons. The van der Waals surface area contributed by atoms with E-state index in [0.717, 1.165) is 10.8 Å². The highest BCUT2D eigenvalue weighted by Crippen LogP contribution is 2.29. The van der Waals surface area contributed by atoms with Crippen LogP contribution in [-0.2, 0) is 0 Å². The van der Waals surface area contributed by atoms with Gasteiger partial charge in [0.1, 0.15) is 5.75 Å². The zero-order chi connectivity index (χ0) is 24.8. The number of phenols is 1. The Morgan fingerprint density at radius 2 is 1.69 bits per heavy atom. The van der Waals surface area contributed by atoms with Crippen LogP contribution >= 0.6 is 11.6 Å². The van der Waals surface area contributed by atoms with Gasteiger partial charge in [0.15, 0.2) is 11.5 Å². The number of esters is 1. The van der Waals surface area contributed by atoms with Crippen LogP contribution in [0, 0.1) is 0 Å². The van der Waals surface area contributed by atoms with Crippen molar-refractivity contribution in [1.29, 1.82) is 0 Å². The number of benzene rings is 4. The predicted molar refractivity (Wildman–Crippen MR) is 135 cm³/mol. The Labute approximate surface area is 206 Å². The molecule has 0 unspecified atom stereocenters. The Kier molecular flexibility index (Phi) is 7.28. The van der Waals surface area contributed by atoms with Gasteiger partial charge >= 0.3 is 5.97 Å². The second-order valence-electron chi connectivity index (χ2n) is 7.45. The summed E-state index contributed by atoms with van der Waals surface area (Å²) in [6.07, 6.45) is 1.42. The maximum absolute atomic E-state index is 12.5. The van der Waals surface area contributed by atoms with Crippen LogP contribution in [0.25, 0.3) is 10.8 Å². The molecule has 0 saturated carbocycles. The third-order valence-electron chi connectivity index (χ3n) is 5.04. The van der Waals surface area contributed by atoms with Crippen LogP contribution in [0.3, 0.4) is 0 Å². The molecule has 0 heterocycles. The molecule has 2 N–H and O–H groups in total. The number of ether oxygens (including phenoxy) is 2. The number of hydrazone groups is 1. The molecule has 0 fully saturated rings. The van der Waals surface area contributed by atoms with Gasteiger partial charge in [-0.15, -0.1) is 0 Å². The second-order valence-corrected chi connectivity index (χ2v) is 7.89. The summed E-state index contributed by atoms with van der Waals surface area (Å²) in [6.45, 7) is 2.16. The van der Waals surface area contributed by atoms with E-state index in [0.29, 0.717) is 28.5 Å². The minimum Gasteiger partial charge on any atom is -0.507 e. The quantitative estimate of drug-likeness (QED) is 0.153. The molecule has 1 amide bonds. The predicted octanol–water partition coefficient (Wildman–Crippen LogP) is 5.58. The molecule has 7 nitrogen and oxygen atoms in total. The van der Waals surface area contributed by atoms with Crippen molar-refractivity contribution in [2.75, 3.05) is 6.61 Å². The number of nitrogens with zero attached hydrogens (tertiary/aromatic N) is 1. The SMILES string of the molecule is CCOc1cc(C=NNC(=O)c2cc3ccccc3cc2O)ccc1OC(=O)c1ccc(Cl)cc1. The highest BCUT2D eigenvalue weighted by molar-refractivity contribution is 6.30. The Hall–Kier alpha value is -4.36. The van der Waals surface area contributed by atoms with E-state index in [1.807, 2.05) is 31.2 Å². The van der Waals surface area contributed by atoms with Crippen molar-refractivity contribution in [2.45, 2.75) is 6.92 Å². The number of rotatable bonds is 7. The van der Waals surface area contributed by atoms with Crippen LogP contribution < -0.4 is 14.9 Å². The van der Waals surface area contributed by atoms with Crippen LogP contribution in [0.4, 0.5) is 0 Å². The van der Waals surface area contributed by atoms with Crippen molar-refractivity contribution in [3.63, 3.8) is 0 Å². The minimum atomic E-state index is -0.553. The zero-order valence-corrected chi connectivity index (χ0v) is 19.5. The van der Waals surface area contributed by atoms with Crippen LogP contribution in [0.2, 0.25) is 5.02 Å². The standard InChI is InChI=1S/C27H21ClN2O5/c1-2-34-25-13-17(7-12-24(25)35-27(33)18-8-10-21(28)11-9-18)16-29-30-26(32)22-14-19-5-3-4-6-20(19)15-23(22)31/h3-16,31H,2H2,1H3,(H,30,32). The lowest BCUT2D eigenvalue weighted by Crippen LogP contribution is -2.17. The van der Waals surface area contributed by atoms with Crippen LogP contribution in [0.15, 0.2) is 84.0 Å². The number of hydrogen-bond donors (Lipinski definition) is 2. The van der Waals surface area contributed by atoms with Crippen molar-refractivity contribution in [2.24, 2.45) is 5.10 Å². The number of carbonyl (C=O) groups excluding carboxylic acids is 2. The van der Waals surface area contributed by atoms with Crippen LogP contribution in [0.5, 0.6) is 17.2 Å². The average Bonchev–Trinajstić information content (AvgIpc) is 2.85. The highest BCUT2D eigenvalue weighted by Gasteiger charge is 2.14. The van der Waals surface area contributed by atoms with Gasteiger partial charge in [-0.25, -0.2) is 10.2 Å². The highest BCUT2D eigenvalue weighted by atomic mass is 35.5. The van der Waals surface area contributed by atoms with E-state index in [4.69, 9.17) is 21.1 Å². The fourth-order valence-corrected chi connectivity index (χ4v) is 3.46. The van der Waals surface area contributed by atoms with E-state index in [-0.39, 0.29) is 17.1 Å². The first-order valence-corrected chi connectivity index (χ1v) is 11.1. The van der Waals surface area contributed by atoms with Gasteiger partial charge in [0.2, 0.25) is 0 Å². The molecule has 8 heteroatoms. The Morgan fingerprint density at radius 3 is 2.40 bits per heavy atom. The first-order valence-electron chi connectivity index (χ1n) is 10.7. The van der Waals surface area contributed by atoms with E-state index < -0.39 is 11.9 Å². The van der Waals surface area contributed by atoms with E-state index in [1.54, 1.807) is 48.5 Å². The lowest BCUT2D eigenvalue weighted by atomic mass is 10.1. The topological polar surface area (TPSA) is 97.2 Å². The van der Waals surface area contributed by atoms with E-state index in [2.05, 4.69) is 10.5 Å². The summed E-state index contributed by atoms with van der Waals surface area (Å²) < 4.78 is 11.1. The Balaban J connectivity index is 1.47. The molecule has 0 aliphatic rings. The maximum atomic E-state index is 12.5. The number of aromatic hydroxyl groups is 1. The van der Waals surface area contributed by atoms with Gasteiger partial charge in [-0.05, 0) is 77.9 Å². The lowest BCUT2D eigenvalue weighted by Gasteiger charge is -2.11. The third-order valence-corrected chi connectivity index (χ3v) is 5.29. The fourth-order valence-electron chi connectivity index (χ4n) is 3.34. The molecule has 0 saturated heterocycles. The van der Waals surface area contributed by atoms with Crippen molar-refractivity contribution in [1.82, 2.24) is 5.43 Å². The normalized spacial score (nSPS) is 10.9. The van der Waals surface area contributed by atoms with Gasteiger partial charge < -0.3 is 14.6 Å². The van der Waals surface area contributed by atoms with Gasteiger partial charge in [0, 0.05) is 5.02 Å². The molecule has 35 heavy (non-hydrogen) atoms.